The minimum absolute atomic E-state index is 0.484. The maximum absolute atomic E-state index is 6.08. The van der Waals surface area contributed by atoms with E-state index in [0.717, 1.165) is 49.7 Å². The molecule has 0 amide bonds. The van der Waals surface area contributed by atoms with Crippen LogP contribution in [0.25, 0.3) is 0 Å². The number of nitrogens with zero attached hydrogens (tertiary/aromatic N) is 2. The summed E-state index contributed by atoms with van der Waals surface area (Å²) in [5.41, 5.74) is 1.05. The first kappa shape index (κ1) is 20.8. The van der Waals surface area contributed by atoms with Gasteiger partial charge in [0.1, 0.15) is 5.75 Å². The highest BCUT2D eigenvalue weighted by molar-refractivity contribution is 6.30. The Labute approximate surface area is 163 Å². The second-order valence-electron chi connectivity index (χ2n) is 6.64. The topological polar surface area (TPSA) is 48.9 Å². The van der Waals surface area contributed by atoms with Gasteiger partial charge in [-0.2, -0.15) is 0 Å². The van der Waals surface area contributed by atoms with Crippen molar-refractivity contribution in [3.63, 3.8) is 0 Å². The molecule has 2 N–H and O–H groups in total. The second-order valence-corrected chi connectivity index (χ2v) is 7.08. The van der Waals surface area contributed by atoms with Gasteiger partial charge >= 0.3 is 0 Å². The van der Waals surface area contributed by atoms with Gasteiger partial charge in [-0.3, -0.25) is 0 Å². The Morgan fingerprint density at radius 2 is 2.04 bits per heavy atom. The number of hydrogen-bond donors (Lipinski definition) is 2. The van der Waals surface area contributed by atoms with E-state index in [1.807, 2.05) is 25.1 Å². The average Bonchev–Trinajstić information content (AvgIpc) is 2.63. The van der Waals surface area contributed by atoms with Crippen LogP contribution >= 0.6 is 11.6 Å². The lowest BCUT2D eigenvalue weighted by atomic mass is 10.1. The van der Waals surface area contributed by atoms with E-state index in [0.29, 0.717) is 24.2 Å². The van der Waals surface area contributed by atoms with Gasteiger partial charge in [-0.05, 0) is 51.8 Å². The molecule has 0 spiro atoms. The van der Waals surface area contributed by atoms with Crippen LogP contribution in [-0.4, -0.2) is 49.7 Å². The molecule has 0 atom stereocenters. The molecule has 1 aromatic rings. The van der Waals surface area contributed by atoms with Gasteiger partial charge in [-0.25, -0.2) is 4.99 Å². The van der Waals surface area contributed by atoms with Crippen molar-refractivity contribution in [1.29, 1.82) is 0 Å². The second kappa shape index (κ2) is 11.3. The number of likely N-dealkylation sites (tertiary alicyclic amines) is 1. The van der Waals surface area contributed by atoms with Gasteiger partial charge < -0.3 is 20.3 Å². The van der Waals surface area contributed by atoms with Crippen LogP contribution in [0.3, 0.4) is 0 Å². The van der Waals surface area contributed by atoms with Crippen LogP contribution in [0, 0.1) is 0 Å². The molecule has 0 radical (unpaired) electrons. The molecule has 0 unspecified atom stereocenters. The third kappa shape index (κ3) is 6.69. The smallest absolute Gasteiger partial charge is 0.191 e. The fourth-order valence-corrected chi connectivity index (χ4v) is 3.41. The number of rotatable bonds is 8. The summed E-state index contributed by atoms with van der Waals surface area (Å²) >= 11 is 6.08. The van der Waals surface area contributed by atoms with Crippen LogP contribution < -0.4 is 15.4 Å². The summed E-state index contributed by atoms with van der Waals surface area (Å²) in [6, 6.07) is 6.22. The standard InChI is InChI=1S/C20H33ClN4O/c1-4-11-25-12-9-18(10-13-25)24-20(22-5-2)23-15-16-7-8-17(21)14-19(16)26-6-3/h7-8,14,18H,4-6,9-13,15H2,1-3H3,(H2,22,23,24). The molecular formula is C20H33ClN4O. The molecule has 0 saturated carbocycles. The molecule has 1 aromatic carbocycles. The number of piperidine rings is 1. The molecule has 0 aliphatic carbocycles. The zero-order chi connectivity index (χ0) is 18.8. The van der Waals surface area contributed by atoms with E-state index in [1.165, 1.54) is 13.0 Å². The normalized spacial score (nSPS) is 16.5. The molecule has 6 heteroatoms. The fraction of sp³-hybridized carbons (Fsp3) is 0.650. The van der Waals surface area contributed by atoms with Gasteiger partial charge in [0.25, 0.3) is 0 Å². The van der Waals surface area contributed by atoms with Crippen molar-refractivity contribution in [2.75, 3.05) is 32.8 Å². The SMILES string of the molecule is CCCN1CCC(NC(=NCc2ccc(Cl)cc2OCC)NCC)CC1. The zero-order valence-corrected chi connectivity index (χ0v) is 17.1. The van der Waals surface area contributed by atoms with Crippen molar-refractivity contribution in [2.24, 2.45) is 4.99 Å². The molecule has 5 nitrogen and oxygen atoms in total. The number of hydrogen-bond acceptors (Lipinski definition) is 3. The van der Waals surface area contributed by atoms with Gasteiger partial charge in [-0.1, -0.05) is 24.6 Å². The third-order valence-corrected chi connectivity index (χ3v) is 4.78. The molecular weight excluding hydrogens is 348 g/mol. The van der Waals surface area contributed by atoms with Crippen LogP contribution in [0.15, 0.2) is 23.2 Å². The number of aliphatic imine (C=N–C) groups is 1. The summed E-state index contributed by atoms with van der Waals surface area (Å²) in [4.78, 5) is 7.31. The third-order valence-electron chi connectivity index (χ3n) is 4.55. The maximum atomic E-state index is 6.08. The first-order valence-electron chi connectivity index (χ1n) is 9.84. The zero-order valence-electron chi connectivity index (χ0n) is 16.4. The highest BCUT2D eigenvalue weighted by Crippen LogP contribution is 2.24. The number of nitrogens with one attached hydrogen (secondary N) is 2. The number of benzene rings is 1. The maximum Gasteiger partial charge on any atom is 0.191 e. The van der Waals surface area contributed by atoms with Crippen molar-refractivity contribution in [2.45, 2.75) is 52.6 Å². The molecule has 1 saturated heterocycles. The minimum Gasteiger partial charge on any atom is -0.493 e. The Hall–Kier alpha value is -1.46. The largest absolute Gasteiger partial charge is 0.493 e. The predicted octanol–water partition coefficient (Wildman–Crippen LogP) is 3.67. The number of halogens is 1. The minimum atomic E-state index is 0.484. The molecule has 0 aromatic heterocycles. The summed E-state index contributed by atoms with van der Waals surface area (Å²) in [5.74, 6) is 1.69. The highest BCUT2D eigenvalue weighted by Gasteiger charge is 2.19. The molecule has 26 heavy (non-hydrogen) atoms. The lowest BCUT2D eigenvalue weighted by molar-refractivity contribution is 0.206. The highest BCUT2D eigenvalue weighted by atomic mass is 35.5. The van der Waals surface area contributed by atoms with Gasteiger partial charge in [0.15, 0.2) is 5.96 Å². The molecule has 1 heterocycles. The Morgan fingerprint density at radius 1 is 1.27 bits per heavy atom. The summed E-state index contributed by atoms with van der Waals surface area (Å²) in [6.45, 7) is 11.9. The molecule has 1 aliphatic heterocycles. The van der Waals surface area contributed by atoms with Gasteiger partial charge in [-0.15, -0.1) is 0 Å². The number of guanidine groups is 1. The lowest BCUT2D eigenvalue weighted by Crippen LogP contribution is -2.48. The van der Waals surface area contributed by atoms with Crippen LogP contribution in [0.5, 0.6) is 5.75 Å². The van der Waals surface area contributed by atoms with Crippen LogP contribution in [0.2, 0.25) is 5.02 Å². The van der Waals surface area contributed by atoms with E-state index in [9.17, 15) is 0 Å². The van der Waals surface area contributed by atoms with Crippen LogP contribution in [0.1, 0.15) is 45.6 Å². The van der Waals surface area contributed by atoms with E-state index in [1.54, 1.807) is 0 Å². The molecule has 1 aliphatic rings. The van der Waals surface area contributed by atoms with Crippen LogP contribution in [0.4, 0.5) is 0 Å². The molecule has 0 bridgehead atoms. The first-order chi connectivity index (χ1) is 12.7. The van der Waals surface area contributed by atoms with Crippen LogP contribution in [-0.2, 0) is 6.54 Å². The van der Waals surface area contributed by atoms with Crippen molar-refractivity contribution in [1.82, 2.24) is 15.5 Å². The number of ether oxygens (including phenoxy) is 1. The van der Waals surface area contributed by atoms with E-state index in [-0.39, 0.29) is 0 Å². The Kier molecular flexibility index (Phi) is 9.06. The average molecular weight is 381 g/mol. The fourth-order valence-electron chi connectivity index (χ4n) is 3.24. The summed E-state index contributed by atoms with van der Waals surface area (Å²) in [7, 11) is 0. The summed E-state index contributed by atoms with van der Waals surface area (Å²) < 4.78 is 5.69. The van der Waals surface area contributed by atoms with E-state index in [2.05, 4.69) is 29.4 Å². The lowest BCUT2D eigenvalue weighted by Gasteiger charge is -2.32. The first-order valence-corrected chi connectivity index (χ1v) is 10.2. The Balaban J connectivity index is 1.97. The Morgan fingerprint density at radius 3 is 2.69 bits per heavy atom. The van der Waals surface area contributed by atoms with E-state index < -0.39 is 0 Å². The van der Waals surface area contributed by atoms with Gasteiger partial charge in [0.05, 0.1) is 13.2 Å². The van der Waals surface area contributed by atoms with Crippen molar-refractivity contribution >= 4 is 17.6 Å². The molecule has 1 fully saturated rings. The van der Waals surface area contributed by atoms with Crippen molar-refractivity contribution in [3.05, 3.63) is 28.8 Å². The molecule has 2 rings (SSSR count). The Bertz CT molecular complexity index is 571. The quantitative estimate of drug-likeness (QED) is 0.533. The van der Waals surface area contributed by atoms with Gasteiger partial charge in [0, 0.05) is 36.3 Å². The van der Waals surface area contributed by atoms with Crippen molar-refractivity contribution in [3.8, 4) is 5.75 Å². The predicted molar refractivity (Wildman–Crippen MR) is 110 cm³/mol. The van der Waals surface area contributed by atoms with Crippen molar-refractivity contribution < 1.29 is 4.74 Å². The summed E-state index contributed by atoms with van der Waals surface area (Å²) in [6.07, 6.45) is 3.55. The van der Waals surface area contributed by atoms with E-state index in [4.69, 9.17) is 21.3 Å². The van der Waals surface area contributed by atoms with Gasteiger partial charge in [0.2, 0.25) is 0 Å². The monoisotopic (exact) mass is 380 g/mol. The molecule has 146 valence electrons. The van der Waals surface area contributed by atoms with E-state index >= 15 is 0 Å². The summed E-state index contributed by atoms with van der Waals surface area (Å²) in [5, 5.41) is 7.64.